The molecular weight excluding hydrogens is 523 g/mol. The van der Waals surface area contributed by atoms with Crippen LogP contribution in [0.5, 0.6) is 5.75 Å². The molecule has 4 N–H and O–H groups in total. The van der Waals surface area contributed by atoms with Crippen LogP contribution in [0.3, 0.4) is 0 Å². The fourth-order valence-electron chi connectivity index (χ4n) is 3.70. The second-order valence-corrected chi connectivity index (χ2v) is 9.16. The first kappa shape index (κ1) is 26.4. The molecule has 192 valence electrons. The number of hydrogen-bond acceptors (Lipinski definition) is 3. The van der Waals surface area contributed by atoms with Crippen molar-refractivity contribution in [2.24, 2.45) is 21.6 Å². The third kappa shape index (κ3) is 7.93. The van der Waals surface area contributed by atoms with Crippen LogP contribution in [-0.4, -0.2) is 30.2 Å². The van der Waals surface area contributed by atoms with Gasteiger partial charge < -0.3 is 21.1 Å². The van der Waals surface area contributed by atoms with Gasteiger partial charge in [0.25, 0.3) is 0 Å². The van der Waals surface area contributed by atoms with E-state index in [1.54, 1.807) is 6.07 Å². The Kier molecular flexibility index (Phi) is 8.30. The van der Waals surface area contributed by atoms with E-state index in [2.05, 4.69) is 25.4 Å². The zero-order valence-corrected chi connectivity index (χ0v) is 20.9. The summed E-state index contributed by atoms with van der Waals surface area (Å²) in [4.78, 5) is 8.20. The molecule has 3 aromatic rings. The number of ether oxygens (including phenoxy) is 1. The Morgan fingerprint density at radius 3 is 2.46 bits per heavy atom. The van der Waals surface area contributed by atoms with Gasteiger partial charge in [0, 0.05) is 12.1 Å². The van der Waals surface area contributed by atoms with Crippen LogP contribution in [0.15, 0.2) is 82.8 Å². The number of anilines is 1. The first-order valence-corrected chi connectivity index (χ1v) is 12.1. The second kappa shape index (κ2) is 11.6. The minimum Gasteiger partial charge on any atom is -0.406 e. The predicted octanol–water partition coefficient (Wildman–Crippen LogP) is 6.39. The number of para-hydroxylation sites is 1. The van der Waals surface area contributed by atoms with Crippen molar-refractivity contribution < 1.29 is 17.9 Å². The quantitative estimate of drug-likeness (QED) is 0.173. The fourth-order valence-corrected chi connectivity index (χ4v) is 4.08. The van der Waals surface area contributed by atoms with Crippen LogP contribution < -0.4 is 21.1 Å². The molecule has 11 heteroatoms. The van der Waals surface area contributed by atoms with Gasteiger partial charge >= 0.3 is 6.36 Å². The molecule has 0 bridgehead atoms. The molecule has 0 amide bonds. The lowest BCUT2D eigenvalue weighted by molar-refractivity contribution is -0.274. The molecule has 2 unspecified atom stereocenters. The van der Waals surface area contributed by atoms with E-state index in [0.29, 0.717) is 27.7 Å². The van der Waals surface area contributed by atoms with Crippen molar-refractivity contribution in [3.05, 3.63) is 88.9 Å². The van der Waals surface area contributed by atoms with Gasteiger partial charge in [0.15, 0.2) is 5.11 Å². The largest absolute Gasteiger partial charge is 0.573 e. The zero-order valence-electron chi connectivity index (χ0n) is 19.4. The average Bonchev–Trinajstić information content (AvgIpc) is 3.64. The Hall–Kier alpha value is -3.63. The molecule has 0 spiro atoms. The van der Waals surface area contributed by atoms with Crippen molar-refractivity contribution >= 4 is 52.5 Å². The molecule has 4 rings (SSSR count). The number of nitrogens with two attached hydrogens (primary N) is 1. The van der Waals surface area contributed by atoms with Gasteiger partial charge in [-0.05, 0) is 72.4 Å². The van der Waals surface area contributed by atoms with E-state index < -0.39 is 6.36 Å². The summed E-state index contributed by atoms with van der Waals surface area (Å²) in [5.41, 5.74) is 9.18. The highest BCUT2D eigenvalue weighted by atomic mass is 35.5. The van der Waals surface area contributed by atoms with Crippen LogP contribution in [0.1, 0.15) is 23.5 Å². The summed E-state index contributed by atoms with van der Waals surface area (Å²) in [7, 11) is 0. The average molecular weight is 546 g/mol. The molecule has 3 aromatic carbocycles. The van der Waals surface area contributed by atoms with Crippen molar-refractivity contribution in [3.63, 3.8) is 0 Å². The molecular formula is C26H23ClF3N5OS. The molecule has 37 heavy (non-hydrogen) atoms. The molecule has 1 aliphatic carbocycles. The number of halogens is 4. The van der Waals surface area contributed by atoms with E-state index in [4.69, 9.17) is 29.6 Å². The van der Waals surface area contributed by atoms with Gasteiger partial charge in [0.1, 0.15) is 17.9 Å². The molecule has 0 saturated heterocycles. The molecule has 2 atom stereocenters. The lowest BCUT2D eigenvalue weighted by atomic mass is 10.1. The fraction of sp³-hybridized carbons (Fsp3) is 0.192. The van der Waals surface area contributed by atoms with E-state index in [0.717, 1.165) is 24.2 Å². The molecule has 0 aromatic heterocycles. The maximum Gasteiger partial charge on any atom is 0.573 e. The van der Waals surface area contributed by atoms with Crippen LogP contribution in [0, 0.1) is 5.92 Å². The summed E-state index contributed by atoms with van der Waals surface area (Å²) in [6, 6.07) is 20.4. The lowest BCUT2D eigenvalue weighted by Gasteiger charge is -2.11. The number of hydrogen-bond donors (Lipinski definition) is 3. The van der Waals surface area contributed by atoms with Crippen LogP contribution in [0.4, 0.5) is 24.5 Å². The van der Waals surface area contributed by atoms with Crippen LogP contribution in [-0.2, 0) is 0 Å². The monoisotopic (exact) mass is 545 g/mol. The minimum absolute atomic E-state index is 0.275. The summed E-state index contributed by atoms with van der Waals surface area (Å²) >= 11 is 11.5. The highest BCUT2D eigenvalue weighted by Crippen LogP contribution is 2.47. The number of nitrogens with zero attached hydrogens (tertiary/aromatic N) is 2. The third-order valence-corrected chi connectivity index (χ3v) is 6.25. The molecule has 6 nitrogen and oxygen atoms in total. The number of nitrogens with one attached hydrogen (secondary N) is 2. The standard InChI is InChI=1S/C26H23ClF3N5OS/c27-22-3-1-2-4-23(22)35-25(37)32-14-18-13-21(18)16-5-7-17(8-6-16)24(31)34-15-33-19-9-11-20(12-10-19)36-26(28,29)30/h1-12,15,18,21H,13-14H2,(H2,31,33,34)(H2,32,35,37). The number of alkyl halides is 3. The van der Waals surface area contributed by atoms with E-state index in [1.165, 1.54) is 36.2 Å². The predicted molar refractivity (Wildman–Crippen MR) is 145 cm³/mol. The van der Waals surface area contributed by atoms with E-state index in [9.17, 15) is 13.2 Å². The van der Waals surface area contributed by atoms with Crippen molar-refractivity contribution in [2.75, 3.05) is 11.9 Å². The Labute approximate surface area is 222 Å². The Bertz CT molecular complexity index is 1300. The van der Waals surface area contributed by atoms with Gasteiger partial charge in [-0.1, -0.05) is 48.0 Å². The van der Waals surface area contributed by atoms with E-state index in [-0.39, 0.29) is 11.6 Å². The first-order chi connectivity index (χ1) is 17.7. The molecule has 0 radical (unpaired) electrons. The van der Waals surface area contributed by atoms with Crippen LogP contribution in [0.2, 0.25) is 5.02 Å². The molecule has 1 saturated carbocycles. The topological polar surface area (TPSA) is 84.0 Å². The van der Waals surface area contributed by atoms with E-state index in [1.807, 2.05) is 42.5 Å². The van der Waals surface area contributed by atoms with Crippen LogP contribution >= 0.6 is 23.8 Å². The number of amidine groups is 1. The van der Waals surface area contributed by atoms with Gasteiger partial charge in [0.05, 0.1) is 16.4 Å². The first-order valence-electron chi connectivity index (χ1n) is 11.3. The molecule has 0 aliphatic heterocycles. The minimum atomic E-state index is -4.74. The summed E-state index contributed by atoms with van der Waals surface area (Å²) < 4.78 is 40.5. The number of thiocarbonyl (C=S) groups is 1. The Morgan fingerprint density at radius 1 is 1.08 bits per heavy atom. The number of rotatable bonds is 8. The SMILES string of the molecule is NC(=NC=Nc1ccc(OC(F)(F)F)cc1)c1ccc(C2CC2CNC(=S)Nc2ccccc2Cl)cc1. The van der Waals surface area contributed by atoms with Gasteiger partial charge in [0.2, 0.25) is 0 Å². The van der Waals surface area contributed by atoms with Gasteiger partial charge in [-0.2, -0.15) is 0 Å². The second-order valence-electron chi connectivity index (χ2n) is 8.34. The van der Waals surface area contributed by atoms with Crippen molar-refractivity contribution in [2.45, 2.75) is 18.7 Å². The zero-order chi connectivity index (χ0) is 26.4. The smallest absolute Gasteiger partial charge is 0.406 e. The maximum atomic E-state index is 12.2. The summed E-state index contributed by atoms with van der Waals surface area (Å²) in [6.45, 7) is 0.756. The van der Waals surface area contributed by atoms with Gasteiger partial charge in [-0.3, -0.25) is 0 Å². The molecule has 1 fully saturated rings. The summed E-state index contributed by atoms with van der Waals surface area (Å²) in [6.07, 6.45) is -2.42. The highest BCUT2D eigenvalue weighted by molar-refractivity contribution is 7.80. The summed E-state index contributed by atoms with van der Waals surface area (Å²) in [5, 5.41) is 7.50. The normalized spacial score (nSPS) is 17.5. The van der Waals surface area contributed by atoms with Crippen LogP contribution in [0.25, 0.3) is 0 Å². The van der Waals surface area contributed by atoms with Crippen molar-refractivity contribution in [3.8, 4) is 5.75 Å². The van der Waals surface area contributed by atoms with Gasteiger partial charge in [-0.25, -0.2) is 9.98 Å². The van der Waals surface area contributed by atoms with E-state index >= 15 is 0 Å². The van der Waals surface area contributed by atoms with Gasteiger partial charge in [-0.15, -0.1) is 13.2 Å². The highest BCUT2D eigenvalue weighted by Gasteiger charge is 2.38. The third-order valence-electron chi connectivity index (χ3n) is 5.68. The Balaban J connectivity index is 1.25. The van der Waals surface area contributed by atoms with Crippen molar-refractivity contribution in [1.29, 1.82) is 0 Å². The molecule has 1 aliphatic rings. The van der Waals surface area contributed by atoms with Crippen molar-refractivity contribution in [1.82, 2.24) is 5.32 Å². The Morgan fingerprint density at radius 2 is 1.78 bits per heavy atom. The lowest BCUT2D eigenvalue weighted by Crippen LogP contribution is -2.30. The summed E-state index contributed by atoms with van der Waals surface area (Å²) in [5.74, 6) is 0.869. The molecule has 0 heterocycles. The maximum absolute atomic E-state index is 12.2. The number of benzene rings is 3. The number of aliphatic imine (C=N–C) groups is 2.